The van der Waals surface area contributed by atoms with Crippen LogP contribution >= 0.6 is 23.2 Å². The smallest absolute Gasteiger partial charge is 0.264 e. The fourth-order valence-corrected chi connectivity index (χ4v) is 5.22. The minimum absolute atomic E-state index is 0.0269. The fraction of sp³-hybridized carbons (Fsp3) is 0.529. The number of hydrogen-bond donors (Lipinski definition) is 0. The van der Waals surface area contributed by atoms with E-state index in [-0.39, 0.29) is 31.1 Å². The first-order valence-corrected chi connectivity index (χ1v) is 11.9. The molecule has 3 rings (SSSR count). The van der Waals surface area contributed by atoms with Crippen molar-refractivity contribution in [3.63, 3.8) is 0 Å². The van der Waals surface area contributed by atoms with Gasteiger partial charge < -0.3 is 14.4 Å². The van der Waals surface area contributed by atoms with E-state index in [0.29, 0.717) is 28.8 Å². The van der Waals surface area contributed by atoms with Crippen LogP contribution in [0.5, 0.6) is 5.75 Å². The molecule has 2 saturated heterocycles. The summed E-state index contributed by atoms with van der Waals surface area (Å²) in [7, 11) is -0.352. The molecular weight excluding hydrogens is 445 g/mol. The fourth-order valence-electron chi connectivity index (χ4n) is 3.65. The Balaban J connectivity index is 1.81. The highest BCUT2D eigenvalue weighted by Gasteiger charge is 2.43. The number of carbonyl (C=O) groups is 1. The second kappa shape index (κ2) is 8.41. The lowest BCUT2D eigenvalue weighted by Gasteiger charge is -2.46. The Morgan fingerprint density at radius 3 is 2.71 bits per heavy atom. The maximum atomic E-state index is 12.8. The summed E-state index contributed by atoms with van der Waals surface area (Å²) in [6, 6.07) is 3.25. The van der Waals surface area contributed by atoms with E-state index in [9.17, 15) is 13.2 Å². The molecule has 0 aromatic heterocycles. The summed E-state index contributed by atoms with van der Waals surface area (Å²) in [6.07, 6.45) is 0.662. The minimum atomic E-state index is -3.64. The van der Waals surface area contributed by atoms with Gasteiger partial charge in [0, 0.05) is 18.0 Å². The van der Waals surface area contributed by atoms with Crippen LogP contribution in [-0.4, -0.2) is 79.5 Å². The molecular formula is C17H21Cl2NO6SSi. The minimum Gasteiger partial charge on any atom is -0.496 e. The quantitative estimate of drug-likeness (QED) is 0.473. The van der Waals surface area contributed by atoms with Crippen LogP contribution in [0.4, 0.5) is 0 Å². The van der Waals surface area contributed by atoms with Gasteiger partial charge in [-0.2, -0.15) is 8.42 Å². The van der Waals surface area contributed by atoms with Crippen molar-refractivity contribution in [2.75, 3.05) is 33.1 Å². The van der Waals surface area contributed by atoms with E-state index < -0.39 is 16.2 Å². The zero-order chi connectivity index (χ0) is 20.6. The summed E-state index contributed by atoms with van der Waals surface area (Å²) in [5.74, 6) is 0.354. The van der Waals surface area contributed by atoms with Crippen molar-refractivity contribution in [1.29, 1.82) is 0 Å². The lowest BCUT2D eigenvalue weighted by molar-refractivity contribution is -0.159. The third-order valence-corrected chi connectivity index (χ3v) is 7.37. The summed E-state index contributed by atoms with van der Waals surface area (Å²) < 4.78 is 38.2. The molecule has 2 fully saturated rings. The van der Waals surface area contributed by atoms with E-state index >= 15 is 0 Å². The van der Waals surface area contributed by atoms with Gasteiger partial charge in [-0.05, 0) is 28.4 Å². The predicted octanol–water partition coefficient (Wildman–Crippen LogP) is 0.867. The number of halogens is 2. The maximum absolute atomic E-state index is 12.8. The van der Waals surface area contributed by atoms with Crippen molar-refractivity contribution in [2.45, 2.75) is 24.5 Å². The topological polar surface area (TPSA) is 82.1 Å². The number of ether oxygens (including phenoxy) is 2. The van der Waals surface area contributed by atoms with E-state index in [1.54, 1.807) is 34.0 Å². The average molecular weight is 466 g/mol. The van der Waals surface area contributed by atoms with Crippen LogP contribution in [0.15, 0.2) is 12.1 Å². The second-order valence-corrected chi connectivity index (χ2v) is 10.00. The van der Waals surface area contributed by atoms with E-state index in [2.05, 4.69) is 0 Å². The van der Waals surface area contributed by atoms with Crippen molar-refractivity contribution >= 4 is 54.3 Å². The van der Waals surface area contributed by atoms with Gasteiger partial charge in [0.1, 0.15) is 12.4 Å². The number of nitrogens with zero attached hydrogens (tertiary/aromatic N) is 1. The highest BCUT2D eigenvalue weighted by Crippen LogP contribution is 2.42. The zero-order valence-corrected chi connectivity index (χ0v) is 19.2. The van der Waals surface area contributed by atoms with Crippen molar-refractivity contribution < 1.29 is 26.9 Å². The summed E-state index contributed by atoms with van der Waals surface area (Å²) >= 11 is 12.7. The zero-order valence-electron chi connectivity index (χ0n) is 15.5. The molecule has 2 aliphatic rings. The predicted molar refractivity (Wildman–Crippen MR) is 110 cm³/mol. The molecule has 0 radical (unpaired) electrons. The second-order valence-electron chi connectivity index (χ2n) is 6.75. The van der Waals surface area contributed by atoms with Gasteiger partial charge in [-0.25, -0.2) is 0 Å². The van der Waals surface area contributed by atoms with Crippen molar-refractivity contribution in [1.82, 2.24) is 4.90 Å². The SMILES string of the molecule is COc1ccc(Cl)c(Cl)c1[C@@H]1CCN2C(=O)C(COS(C)(=O)=O)OC[C@@H]2C1=[SiH2]. The average Bonchev–Trinajstić information content (AvgIpc) is 2.63. The number of piperidine rings is 1. The summed E-state index contributed by atoms with van der Waals surface area (Å²) in [6.45, 7) is 0.430. The number of carbonyl (C=O) groups excluding carboxylic acids is 1. The largest absolute Gasteiger partial charge is 0.496 e. The van der Waals surface area contributed by atoms with Gasteiger partial charge in [0.15, 0.2) is 6.10 Å². The van der Waals surface area contributed by atoms with Gasteiger partial charge in [-0.15, -0.1) is 0 Å². The number of morpholine rings is 1. The number of rotatable bonds is 5. The molecule has 1 amide bonds. The van der Waals surface area contributed by atoms with Crippen molar-refractivity contribution in [3.05, 3.63) is 27.7 Å². The molecule has 28 heavy (non-hydrogen) atoms. The molecule has 11 heteroatoms. The maximum Gasteiger partial charge on any atom is 0.264 e. The summed E-state index contributed by atoms with van der Waals surface area (Å²) in [4.78, 5) is 14.5. The summed E-state index contributed by atoms with van der Waals surface area (Å²) in [5.41, 5.74) is 0.816. The van der Waals surface area contributed by atoms with Crippen molar-refractivity contribution in [2.24, 2.45) is 0 Å². The summed E-state index contributed by atoms with van der Waals surface area (Å²) in [5, 5.41) is 1.95. The Bertz CT molecular complexity index is 909. The lowest BCUT2D eigenvalue weighted by atomic mass is 9.83. The van der Waals surface area contributed by atoms with Crippen LogP contribution in [0.2, 0.25) is 10.0 Å². The van der Waals surface area contributed by atoms with Gasteiger partial charge in [0.25, 0.3) is 16.0 Å². The Hall–Kier alpha value is -0.973. The Kier molecular flexibility index (Phi) is 6.53. The molecule has 0 saturated carbocycles. The molecule has 3 atom stereocenters. The Labute approximate surface area is 177 Å². The highest BCUT2D eigenvalue weighted by molar-refractivity contribution is 7.85. The molecule has 0 bridgehead atoms. The number of methoxy groups -OCH3 is 1. The molecule has 154 valence electrons. The van der Waals surface area contributed by atoms with E-state index in [0.717, 1.165) is 17.0 Å². The van der Waals surface area contributed by atoms with Gasteiger partial charge >= 0.3 is 0 Å². The first-order chi connectivity index (χ1) is 13.1. The van der Waals surface area contributed by atoms with E-state index in [4.69, 9.17) is 36.9 Å². The molecule has 0 spiro atoms. The first kappa shape index (κ1) is 21.7. The number of hydrogen-bond acceptors (Lipinski definition) is 6. The Morgan fingerprint density at radius 1 is 1.36 bits per heavy atom. The van der Waals surface area contributed by atoms with Gasteiger partial charge in [-0.3, -0.25) is 8.98 Å². The number of amides is 1. The third-order valence-electron chi connectivity index (χ3n) is 5.02. The van der Waals surface area contributed by atoms with Crippen LogP contribution in [0.3, 0.4) is 0 Å². The van der Waals surface area contributed by atoms with E-state index in [1.807, 2.05) is 0 Å². The number of fused-ring (bicyclic) bond motifs is 1. The molecule has 1 aromatic rings. The molecule has 1 unspecified atom stereocenters. The van der Waals surface area contributed by atoms with Crippen LogP contribution in [-0.2, 0) is 23.8 Å². The molecule has 2 heterocycles. The molecule has 0 aliphatic carbocycles. The van der Waals surface area contributed by atoms with Crippen LogP contribution < -0.4 is 4.74 Å². The molecule has 1 aromatic carbocycles. The monoisotopic (exact) mass is 465 g/mol. The normalized spacial score (nSPS) is 25.6. The van der Waals surface area contributed by atoms with Crippen molar-refractivity contribution in [3.8, 4) is 5.75 Å². The Morgan fingerprint density at radius 2 is 2.07 bits per heavy atom. The van der Waals surface area contributed by atoms with Crippen LogP contribution in [0.1, 0.15) is 17.9 Å². The van der Waals surface area contributed by atoms with E-state index in [1.165, 1.54) is 0 Å². The van der Waals surface area contributed by atoms with Gasteiger partial charge in [0.05, 0.1) is 36.1 Å². The highest BCUT2D eigenvalue weighted by atomic mass is 35.5. The number of benzene rings is 1. The molecule has 2 aliphatic heterocycles. The third kappa shape index (κ3) is 4.29. The van der Waals surface area contributed by atoms with Crippen LogP contribution in [0.25, 0.3) is 0 Å². The molecule has 7 nitrogen and oxygen atoms in total. The van der Waals surface area contributed by atoms with Crippen LogP contribution in [0, 0.1) is 0 Å². The first-order valence-electron chi connectivity index (χ1n) is 8.61. The van der Waals surface area contributed by atoms with Gasteiger partial charge in [-0.1, -0.05) is 28.4 Å². The standard InChI is InChI=1S/C17H21Cl2NO6SSi/c1-24-12-4-3-10(18)15(19)14(12)9-5-6-20-11(16(9)28)7-25-13(17(20)21)8-26-27(2,22)23/h3-4,9,11,13H,5-8,28H2,1-2H3/t9-,11+,13?/m0/s1. The lowest BCUT2D eigenvalue weighted by Crippen LogP contribution is -2.61. The van der Waals surface area contributed by atoms with Gasteiger partial charge in [0.2, 0.25) is 0 Å². The molecule has 0 N–H and O–H groups in total.